The highest BCUT2D eigenvalue weighted by Gasteiger charge is 2.20. The smallest absolute Gasteiger partial charge is 0.328 e. The molecule has 27 heavy (non-hydrogen) atoms. The van der Waals surface area contributed by atoms with Gasteiger partial charge in [-0.1, -0.05) is 6.92 Å². The summed E-state index contributed by atoms with van der Waals surface area (Å²) in [6.45, 7) is 6.53. The highest BCUT2D eigenvalue weighted by atomic mass is 32.1. The molecule has 0 radical (unpaired) electrons. The number of carboxylic acid groups (broad SMARTS) is 2. The van der Waals surface area contributed by atoms with Gasteiger partial charge in [-0.25, -0.2) is 9.59 Å². The lowest BCUT2D eigenvalue weighted by Gasteiger charge is -2.26. The molecule has 2 rings (SSSR count). The maximum absolute atomic E-state index is 9.71. The Hall–Kier alpha value is -2.28. The van der Waals surface area contributed by atoms with Crippen LogP contribution >= 0.6 is 11.7 Å². The zero-order valence-electron chi connectivity index (χ0n) is 14.9. The van der Waals surface area contributed by atoms with Gasteiger partial charge in [-0.15, -0.1) is 4.37 Å². The zero-order valence-corrected chi connectivity index (χ0v) is 15.7. The average Bonchev–Trinajstić information content (AvgIpc) is 3.13. The average molecular weight is 404 g/mol. The number of hydrogen-bond acceptors (Lipinski definition) is 10. The van der Waals surface area contributed by atoms with E-state index in [9.17, 15) is 14.7 Å². The normalized spacial score (nSPS) is 15.1. The highest BCUT2D eigenvalue weighted by Crippen LogP contribution is 2.26. The minimum Gasteiger partial charge on any atom is -0.478 e. The van der Waals surface area contributed by atoms with Gasteiger partial charge in [0.25, 0.3) is 5.88 Å². The number of aliphatic hydroxyl groups is 1. The number of morpholine rings is 1. The lowest BCUT2D eigenvalue weighted by molar-refractivity contribution is -0.134. The number of hydrogen-bond donors (Lipinski definition) is 4. The van der Waals surface area contributed by atoms with Crippen LogP contribution < -0.4 is 15.0 Å². The fourth-order valence-electron chi connectivity index (χ4n) is 1.92. The summed E-state index contributed by atoms with van der Waals surface area (Å²) in [7, 11) is 0. The molecule has 1 fully saturated rings. The number of ether oxygens (including phenoxy) is 2. The summed E-state index contributed by atoms with van der Waals surface area (Å²) >= 11 is 1.12. The Morgan fingerprint density at radius 3 is 2.48 bits per heavy atom. The fraction of sp³-hybridized carbons (Fsp3) is 0.600. The molecule has 4 N–H and O–H groups in total. The lowest BCUT2D eigenvalue weighted by atomic mass is 10.4. The number of aliphatic hydroxyl groups excluding tert-OH is 1. The van der Waals surface area contributed by atoms with Crippen molar-refractivity contribution in [3.05, 3.63) is 12.2 Å². The Labute approximate surface area is 160 Å². The number of nitrogens with one attached hydrogen (secondary N) is 1. The first-order valence-electron chi connectivity index (χ1n) is 8.24. The Morgan fingerprint density at radius 2 is 1.93 bits per heavy atom. The van der Waals surface area contributed by atoms with Crippen LogP contribution in [0.25, 0.3) is 0 Å². The molecule has 0 unspecified atom stereocenters. The van der Waals surface area contributed by atoms with Crippen LogP contribution in [0.15, 0.2) is 12.2 Å². The lowest BCUT2D eigenvalue weighted by Crippen LogP contribution is -2.37. The molecule has 1 aliphatic heterocycles. The number of aliphatic carboxylic acids is 2. The first-order valence-corrected chi connectivity index (χ1v) is 8.97. The molecular weight excluding hydrogens is 380 g/mol. The molecule has 0 amide bonds. The van der Waals surface area contributed by atoms with Crippen molar-refractivity contribution in [2.24, 2.45) is 0 Å². The second kappa shape index (κ2) is 13.0. The van der Waals surface area contributed by atoms with E-state index in [2.05, 4.69) is 19.0 Å². The number of anilines is 1. The molecule has 1 saturated heterocycles. The summed E-state index contributed by atoms with van der Waals surface area (Å²) in [6.07, 6.45) is 0.573. The van der Waals surface area contributed by atoms with Crippen molar-refractivity contribution in [2.75, 3.05) is 50.9 Å². The Kier molecular flexibility index (Phi) is 10.9. The highest BCUT2D eigenvalue weighted by molar-refractivity contribution is 6.99. The maximum atomic E-state index is 9.71. The molecule has 0 spiro atoms. The summed E-state index contributed by atoms with van der Waals surface area (Å²) < 4.78 is 19.3. The van der Waals surface area contributed by atoms with Gasteiger partial charge in [-0.3, -0.25) is 0 Å². The van der Waals surface area contributed by atoms with E-state index in [1.54, 1.807) is 0 Å². The van der Waals surface area contributed by atoms with Crippen molar-refractivity contribution in [1.29, 1.82) is 0 Å². The minimum absolute atomic E-state index is 0.218. The van der Waals surface area contributed by atoms with Gasteiger partial charge in [0.15, 0.2) is 0 Å². The van der Waals surface area contributed by atoms with Gasteiger partial charge >= 0.3 is 11.9 Å². The van der Waals surface area contributed by atoms with E-state index in [-0.39, 0.29) is 6.61 Å². The van der Waals surface area contributed by atoms with E-state index < -0.39 is 18.0 Å². The molecule has 0 aliphatic carbocycles. The van der Waals surface area contributed by atoms with Crippen molar-refractivity contribution in [2.45, 2.75) is 13.0 Å². The Balaban J connectivity index is 0.000000387. The Bertz CT molecular complexity index is 589. The van der Waals surface area contributed by atoms with Crippen molar-refractivity contribution >= 4 is 29.5 Å². The van der Waals surface area contributed by atoms with Crippen LogP contribution in [-0.4, -0.2) is 88.1 Å². The van der Waals surface area contributed by atoms with Gasteiger partial charge in [0.2, 0.25) is 5.82 Å². The van der Waals surface area contributed by atoms with Crippen LogP contribution in [0.1, 0.15) is 6.92 Å². The number of carbonyl (C=O) groups is 2. The van der Waals surface area contributed by atoms with Crippen molar-refractivity contribution in [3.8, 4) is 5.88 Å². The molecule has 0 saturated carbocycles. The molecule has 152 valence electrons. The maximum Gasteiger partial charge on any atom is 0.328 e. The van der Waals surface area contributed by atoms with Gasteiger partial charge in [-0.05, 0) is 6.54 Å². The van der Waals surface area contributed by atoms with E-state index in [0.29, 0.717) is 37.8 Å². The number of nitrogens with zero attached hydrogens (tertiary/aromatic N) is 3. The minimum atomic E-state index is -1.26. The summed E-state index contributed by atoms with van der Waals surface area (Å²) in [4.78, 5) is 21.2. The molecule has 11 nitrogen and oxygen atoms in total. The molecule has 12 heteroatoms. The number of carboxylic acids is 2. The third kappa shape index (κ3) is 9.84. The van der Waals surface area contributed by atoms with Crippen LogP contribution in [0, 0.1) is 0 Å². The van der Waals surface area contributed by atoms with E-state index in [1.165, 1.54) is 0 Å². The molecular formula is C15H24N4O7S. The third-order valence-electron chi connectivity index (χ3n) is 3.16. The van der Waals surface area contributed by atoms with Gasteiger partial charge < -0.3 is 35.0 Å². The second-order valence-corrected chi connectivity index (χ2v) is 5.80. The topological polar surface area (TPSA) is 154 Å². The molecule has 0 bridgehead atoms. The second-order valence-electron chi connectivity index (χ2n) is 5.27. The summed E-state index contributed by atoms with van der Waals surface area (Å²) in [5, 5.41) is 28.4. The van der Waals surface area contributed by atoms with E-state index in [1.807, 2.05) is 6.92 Å². The van der Waals surface area contributed by atoms with Crippen LogP contribution in [0.3, 0.4) is 0 Å². The van der Waals surface area contributed by atoms with Crippen LogP contribution in [-0.2, 0) is 14.3 Å². The quantitative estimate of drug-likeness (QED) is 0.391. The van der Waals surface area contributed by atoms with Crippen LogP contribution in [0.5, 0.6) is 5.88 Å². The Morgan fingerprint density at radius 1 is 1.30 bits per heavy atom. The first-order chi connectivity index (χ1) is 12.9. The van der Waals surface area contributed by atoms with E-state index in [0.717, 1.165) is 37.2 Å². The largest absolute Gasteiger partial charge is 0.478 e. The van der Waals surface area contributed by atoms with Gasteiger partial charge in [-0.2, -0.15) is 4.37 Å². The summed E-state index contributed by atoms with van der Waals surface area (Å²) in [5.41, 5.74) is 0. The van der Waals surface area contributed by atoms with Gasteiger partial charge in [0.1, 0.15) is 12.7 Å². The van der Waals surface area contributed by atoms with Crippen molar-refractivity contribution < 1.29 is 34.4 Å². The van der Waals surface area contributed by atoms with Crippen molar-refractivity contribution in [1.82, 2.24) is 14.1 Å². The molecule has 1 aliphatic rings. The fourth-order valence-corrected chi connectivity index (χ4v) is 2.44. The third-order valence-corrected chi connectivity index (χ3v) is 3.67. The molecule has 1 aromatic rings. The van der Waals surface area contributed by atoms with E-state index in [4.69, 9.17) is 19.7 Å². The van der Waals surface area contributed by atoms with Crippen LogP contribution in [0.2, 0.25) is 0 Å². The van der Waals surface area contributed by atoms with Gasteiger partial charge in [0.05, 0.1) is 24.9 Å². The summed E-state index contributed by atoms with van der Waals surface area (Å²) in [6, 6.07) is 0. The SMILES string of the molecule is CCNC[C@H](O)COc1nsnc1N1CCOCC1.O=C(O)/C=C\C(=O)O. The van der Waals surface area contributed by atoms with Crippen molar-refractivity contribution in [3.63, 3.8) is 0 Å². The van der Waals surface area contributed by atoms with Crippen LogP contribution in [0.4, 0.5) is 5.82 Å². The molecule has 1 atom stereocenters. The number of likely N-dealkylation sites (N-methyl/N-ethyl adjacent to an activating group) is 1. The molecule has 0 aromatic carbocycles. The summed E-state index contributed by atoms with van der Waals surface area (Å²) in [5.74, 6) is -1.26. The zero-order chi connectivity index (χ0) is 20.1. The number of rotatable bonds is 9. The molecule has 2 heterocycles. The van der Waals surface area contributed by atoms with Gasteiger partial charge in [0, 0.05) is 31.8 Å². The monoisotopic (exact) mass is 404 g/mol. The predicted molar refractivity (Wildman–Crippen MR) is 97.4 cm³/mol. The first kappa shape index (κ1) is 22.8. The standard InChI is InChI=1S/C11H20N4O3S.C4H4O4/c1-2-12-7-9(16)8-18-11-10(13-19-14-11)15-3-5-17-6-4-15;5-3(6)1-2-4(7)8/h9,12,16H,2-8H2,1H3;1-2H,(H,5,6)(H,7,8)/b;2-1-/t9-;/m0./s1. The predicted octanol–water partition coefficient (Wildman–Crippen LogP) is -0.564. The van der Waals surface area contributed by atoms with E-state index >= 15 is 0 Å². The molecule has 1 aromatic heterocycles. The number of aromatic nitrogens is 2.